The van der Waals surface area contributed by atoms with E-state index in [0.717, 1.165) is 22.2 Å². The van der Waals surface area contributed by atoms with Gasteiger partial charge >= 0.3 is 5.97 Å². The molecule has 0 aliphatic rings. The highest BCUT2D eigenvalue weighted by molar-refractivity contribution is 6.35. The Hall–Kier alpha value is -2.33. The molecule has 0 radical (unpaired) electrons. The highest BCUT2D eigenvalue weighted by Crippen LogP contribution is 2.28. The molecule has 2 aromatic heterocycles. The van der Waals surface area contributed by atoms with Crippen LogP contribution >= 0.6 is 11.6 Å². The number of nitrogens with zero attached hydrogens (tertiary/aromatic N) is 2. The van der Waals surface area contributed by atoms with Crippen LogP contribution in [0, 0.1) is 0 Å². The Bertz CT molecular complexity index is 906. The topological polar surface area (TPSA) is 55.1 Å². The number of para-hydroxylation sites is 1. The molecule has 4 nitrogen and oxygen atoms in total. The summed E-state index contributed by atoms with van der Waals surface area (Å²) in [6.45, 7) is 6.73. The van der Waals surface area contributed by atoms with Gasteiger partial charge in [0.25, 0.3) is 0 Å². The zero-order valence-corrected chi connectivity index (χ0v) is 14.6. The molecule has 2 heterocycles. The first kappa shape index (κ1) is 16.5. The third-order valence-electron chi connectivity index (χ3n) is 4.02. The molecule has 1 N–H and O–H groups in total. The van der Waals surface area contributed by atoms with Crippen LogP contribution in [-0.2, 0) is 12.0 Å². The normalized spacial score (nSPS) is 11.8. The fraction of sp³-hybridized carbons (Fsp3) is 0.263. The van der Waals surface area contributed by atoms with Gasteiger partial charge in [0.05, 0.1) is 10.5 Å². The Labute approximate surface area is 145 Å². The second-order valence-corrected chi connectivity index (χ2v) is 7.31. The third-order valence-corrected chi connectivity index (χ3v) is 4.33. The molecular weight excluding hydrogens is 324 g/mol. The predicted molar refractivity (Wildman–Crippen MR) is 95.9 cm³/mol. The van der Waals surface area contributed by atoms with Crippen molar-refractivity contribution in [3.05, 3.63) is 64.6 Å². The van der Waals surface area contributed by atoms with Crippen LogP contribution in [0.15, 0.2) is 42.6 Å². The molecule has 0 saturated heterocycles. The van der Waals surface area contributed by atoms with Gasteiger partial charge in [0.15, 0.2) is 0 Å². The SMILES string of the molecule is CC(C)(C)c1ccc(Cn2c(C(=O)O)cc3cccc(Cl)c32)cn1. The van der Waals surface area contributed by atoms with Crippen molar-refractivity contribution in [2.24, 2.45) is 0 Å². The summed E-state index contributed by atoms with van der Waals surface area (Å²) in [5.74, 6) is -0.971. The number of aromatic nitrogens is 2. The molecule has 0 bridgehead atoms. The zero-order valence-electron chi connectivity index (χ0n) is 13.9. The van der Waals surface area contributed by atoms with Crippen LogP contribution < -0.4 is 0 Å². The molecule has 0 fully saturated rings. The minimum atomic E-state index is -0.971. The average Bonchev–Trinajstić information content (AvgIpc) is 2.87. The van der Waals surface area contributed by atoms with Gasteiger partial charge in [-0.2, -0.15) is 0 Å². The van der Waals surface area contributed by atoms with Gasteiger partial charge < -0.3 is 9.67 Å². The van der Waals surface area contributed by atoms with Crippen LogP contribution in [0.2, 0.25) is 5.02 Å². The Kier molecular flexibility index (Phi) is 4.10. The number of hydrogen-bond donors (Lipinski definition) is 1. The Morgan fingerprint density at radius 3 is 2.58 bits per heavy atom. The van der Waals surface area contributed by atoms with Gasteiger partial charge in [-0.05, 0) is 23.8 Å². The van der Waals surface area contributed by atoms with Crippen molar-refractivity contribution in [3.8, 4) is 0 Å². The van der Waals surface area contributed by atoms with E-state index >= 15 is 0 Å². The van der Waals surface area contributed by atoms with Gasteiger partial charge in [-0.15, -0.1) is 0 Å². The number of pyridine rings is 1. The summed E-state index contributed by atoms with van der Waals surface area (Å²) in [6.07, 6.45) is 1.80. The molecule has 0 spiro atoms. The van der Waals surface area contributed by atoms with Crippen molar-refractivity contribution in [1.82, 2.24) is 9.55 Å². The number of carboxylic acids is 1. The molecule has 0 amide bonds. The summed E-state index contributed by atoms with van der Waals surface area (Å²) in [5, 5.41) is 10.9. The molecule has 0 atom stereocenters. The molecular formula is C19H19ClN2O2. The summed E-state index contributed by atoms with van der Waals surface area (Å²) in [5.41, 5.74) is 2.87. The molecule has 5 heteroatoms. The fourth-order valence-corrected chi connectivity index (χ4v) is 3.05. The van der Waals surface area contributed by atoms with E-state index in [2.05, 4.69) is 25.8 Å². The summed E-state index contributed by atoms with van der Waals surface area (Å²) in [6, 6.07) is 11.1. The van der Waals surface area contributed by atoms with Crippen molar-refractivity contribution in [3.63, 3.8) is 0 Å². The molecule has 24 heavy (non-hydrogen) atoms. The van der Waals surface area contributed by atoms with Crippen LogP contribution in [0.3, 0.4) is 0 Å². The Morgan fingerprint density at radius 2 is 2.00 bits per heavy atom. The van der Waals surface area contributed by atoms with E-state index in [1.54, 1.807) is 22.9 Å². The molecule has 0 saturated carbocycles. The van der Waals surface area contributed by atoms with Crippen molar-refractivity contribution >= 4 is 28.5 Å². The molecule has 0 unspecified atom stereocenters. The van der Waals surface area contributed by atoms with E-state index in [9.17, 15) is 9.90 Å². The van der Waals surface area contributed by atoms with Gasteiger partial charge in [0.2, 0.25) is 0 Å². The molecule has 124 valence electrons. The number of rotatable bonds is 3. The van der Waals surface area contributed by atoms with Crippen molar-refractivity contribution in [2.75, 3.05) is 0 Å². The fourth-order valence-electron chi connectivity index (χ4n) is 2.76. The third kappa shape index (κ3) is 3.02. The Morgan fingerprint density at radius 1 is 1.25 bits per heavy atom. The maximum absolute atomic E-state index is 11.6. The summed E-state index contributed by atoms with van der Waals surface area (Å²) >= 11 is 6.30. The maximum Gasteiger partial charge on any atom is 0.352 e. The van der Waals surface area contributed by atoms with Gasteiger partial charge in [-0.1, -0.05) is 50.6 Å². The monoisotopic (exact) mass is 342 g/mol. The van der Waals surface area contributed by atoms with E-state index in [1.165, 1.54) is 0 Å². The van der Waals surface area contributed by atoms with Crippen molar-refractivity contribution in [1.29, 1.82) is 0 Å². The van der Waals surface area contributed by atoms with E-state index in [-0.39, 0.29) is 11.1 Å². The number of fused-ring (bicyclic) bond motifs is 1. The van der Waals surface area contributed by atoms with Crippen LogP contribution in [0.25, 0.3) is 10.9 Å². The maximum atomic E-state index is 11.6. The van der Waals surface area contributed by atoms with Gasteiger partial charge in [0.1, 0.15) is 5.69 Å². The number of halogens is 1. The number of carbonyl (C=O) groups is 1. The van der Waals surface area contributed by atoms with Gasteiger partial charge in [-0.25, -0.2) is 4.79 Å². The minimum Gasteiger partial charge on any atom is -0.477 e. The first-order valence-electron chi connectivity index (χ1n) is 7.74. The van der Waals surface area contributed by atoms with E-state index in [1.807, 2.05) is 24.3 Å². The lowest BCUT2D eigenvalue weighted by Gasteiger charge is -2.18. The summed E-state index contributed by atoms with van der Waals surface area (Å²) < 4.78 is 1.73. The van der Waals surface area contributed by atoms with Crippen molar-refractivity contribution < 1.29 is 9.90 Å². The highest BCUT2D eigenvalue weighted by Gasteiger charge is 2.18. The van der Waals surface area contributed by atoms with E-state index < -0.39 is 5.97 Å². The molecule has 1 aromatic carbocycles. The number of aromatic carboxylic acids is 1. The van der Waals surface area contributed by atoms with Crippen LogP contribution in [0.4, 0.5) is 0 Å². The molecule has 0 aliphatic carbocycles. The molecule has 0 aliphatic heterocycles. The zero-order chi connectivity index (χ0) is 17.5. The summed E-state index contributed by atoms with van der Waals surface area (Å²) in [7, 11) is 0. The lowest BCUT2D eigenvalue weighted by atomic mass is 9.91. The first-order chi connectivity index (χ1) is 11.3. The minimum absolute atomic E-state index is 0.0196. The van der Waals surface area contributed by atoms with Crippen LogP contribution in [-0.4, -0.2) is 20.6 Å². The van der Waals surface area contributed by atoms with Gasteiger partial charge in [0, 0.05) is 29.2 Å². The van der Waals surface area contributed by atoms with Crippen molar-refractivity contribution in [2.45, 2.75) is 32.7 Å². The molecule has 3 aromatic rings. The first-order valence-corrected chi connectivity index (χ1v) is 8.11. The largest absolute Gasteiger partial charge is 0.477 e. The lowest BCUT2D eigenvalue weighted by molar-refractivity contribution is 0.0686. The number of benzene rings is 1. The number of hydrogen-bond acceptors (Lipinski definition) is 2. The van der Waals surface area contributed by atoms with E-state index in [4.69, 9.17) is 11.6 Å². The average molecular weight is 343 g/mol. The lowest BCUT2D eigenvalue weighted by Crippen LogP contribution is -2.14. The summed E-state index contributed by atoms with van der Waals surface area (Å²) in [4.78, 5) is 16.1. The van der Waals surface area contributed by atoms with E-state index in [0.29, 0.717) is 11.6 Å². The Balaban J connectivity index is 2.06. The smallest absolute Gasteiger partial charge is 0.352 e. The quantitative estimate of drug-likeness (QED) is 0.748. The number of carboxylic acid groups (broad SMARTS) is 1. The highest BCUT2D eigenvalue weighted by atomic mass is 35.5. The van der Waals surface area contributed by atoms with Crippen LogP contribution in [0.1, 0.15) is 42.5 Å². The van der Waals surface area contributed by atoms with Gasteiger partial charge in [-0.3, -0.25) is 4.98 Å². The van der Waals surface area contributed by atoms with Crippen LogP contribution in [0.5, 0.6) is 0 Å². The standard InChI is InChI=1S/C19H19ClN2O2/c1-19(2,3)16-8-7-12(10-21-16)11-22-15(18(23)24)9-13-5-4-6-14(20)17(13)22/h4-10H,11H2,1-3H3,(H,23,24). The predicted octanol–water partition coefficient (Wildman–Crippen LogP) is 4.73. The second kappa shape index (κ2) is 5.95. The molecule has 3 rings (SSSR count). The second-order valence-electron chi connectivity index (χ2n) is 6.90.